The first-order valence-corrected chi connectivity index (χ1v) is 4.35. The van der Waals surface area contributed by atoms with E-state index in [0.29, 0.717) is 12.0 Å². The molecule has 74 valence electrons. The molecule has 0 aliphatic carbocycles. The maximum absolute atomic E-state index is 13.6. The predicted molar refractivity (Wildman–Crippen MR) is 52.7 cm³/mol. The Balaban J connectivity index is 3.30. The molecule has 1 aromatic rings. The van der Waals surface area contributed by atoms with Crippen LogP contribution in [0.4, 0.5) is 10.1 Å². The van der Waals surface area contributed by atoms with Crippen molar-refractivity contribution in [3.05, 3.63) is 29.1 Å². The van der Waals surface area contributed by atoms with Crippen LogP contribution < -0.4 is 11.5 Å². The molecule has 0 bridgehead atoms. The molecule has 0 heterocycles. The Hall–Kier alpha value is -1.60. The van der Waals surface area contributed by atoms with Crippen LogP contribution in [0.15, 0.2) is 12.1 Å². The molecule has 3 nitrogen and oxygen atoms in total. The van der Waals surface area contributed by atoms with Crippen molar-refractivity contribution in [2.45, 2.75) is 19.4 Å². The second-order valence-electron chi connectivity index (χ2n) is 3.06. The summed E-state index contributed by atoms with van der Waals surface area (Å²) in [5.74, 6) is -0.596. The number of nitriles is 1. The minimum Gasteiger partial charge on any atom is -0.398 e. The summed E-state index contributed by atoms with van der Waals surface area (Å²) in [7, 11) is 0. The van der Waals surface area contributed by atoms with Crippen molar-refractivity contribution in [1.82, 2.24) is 0 Å². The lowest BCUT2D eigenvalue weighted by molar-refractivity contribution is 0.573. The van der Waals surface area contributed by atoms with Crippen LogP contribution in [0.1, 0.15) is 30.5 Å². The van der Waals surface area contributed by atoms with Crippen LogP contribution >= 0.6 is 0 Å². The molecule has 0 fully saturated rings. The van der Waals surface area contributed by atoms with Gasteiger partial charge in [-0.2, -0.15) is 5.26 Å². The van der Waals surface area contributed by atoms with Gasteiger partial charge in [0.2, 0.25) is 0 Å². The third-order valence-corrected chi connectivity index (χ3v) is 2.16. The average Bonchev–Trinajstić information content (AvgIpc) is 2.18. The maximum atomic E-state index is 13.6. The predicted octanol–water partition coefficient (Wildman–Crippen LogP) is 1.69. The van der Waals surface area contributed by atoms with E-state index in [2.05, 4.69) is 0 Å². The maximum Gasteiger partial charge on any atom is 0.147 e. The van der Waals surface area contributed by atoms with Gasteiger partial charge < -0.3 is 11.5 Å². The van der Waals surface area contributed by atoms with Crippen molar-refractivity contribution >= 4 is 5.69 Å². The fourth-order valence-electron chi connectivity index (χ4n) is 1.23. The smallest absolute Gasteiger partial charge is 0.147 e. The standard InChI is InChI=1S/C10H12FN3/c1-2-8(13)6-3-4-9(14)7(5-12)10(6)11/h3-4,8H,2,13-14H2,1H3/t8-/m1/s1. The van der Waals surface area contributed by atoms with E-state index in [4.69, 9.17) is 16.7 Å². The highest BCUT2D eigenvalue weighted by Gasteiger charge is 2.15. The van der Waals surface area contributed by atoms with E-state index >= 15 is 0 Å². The van der Waals surface area contributed by atoms with Crippen LogP contribution in [0, 0.1) is 17.1 Å². The zero-order valence-electron chi connectivity index (χ0n) is 7.92. The van der Waals surface area contributed by atoms with E-state index in [-0.39, 0.29) is 17.3 Å². The minimum absolute atomic E-state index is 0.119. The highest BCUT2D eigenvalue weighted by atomic mass is 19.1. The molecular weight excluding hydrogens is 181 g/mol. The van der Waals surface area contributed by atoms with Gasteiger partial charge in [0.1, 0.15) is 17.4 Å². The van der Waals surface area contributed by atoms with Crippen LogP contribution in [0.3, 0.4) is 0 Å². The van der Waals surface area contributed by atoms with Gasteiger partial charge in [0.25, 0.3) is 0 Å². The van der Waals surface area contributed by atoms with E-state index < -0.39 is 5.82 Å². The van der Waals surface area contributed by atoms with Gasteiger partial charge in [0, 0.05) is 11.6 Å². The number of anilines is 1. The lowest BCUT2D eigenvalue weighted by Crippen LogP contribution is -2.12. The van der Waals surface area contributed by atoms with E-state index in [1.165, 1.54) is 12.1 Å². The van der Waals surface area contributed by atoms with Crippen molar-refractivity contribution in [2.24, 2.45) is 5.73 Å². The summed E-state index contributed by atoms with van der Waals surface area (Å²) in [5, 5.41) is 8.67. The lowest BCUT2D eigenvalue weighted by Gasteiger charge is -2.11. The lowest BCUT2D eigenvalue weighted by atomic mass is 10.0. The van der Waals surface area contributed by atoms with Crippen molar-refractivity contribution < 1.29 is 4.39 Å². The number of rotatable bonds is 2. The zero-order chi connectivity index (χ0) is 10.7. The van der Waals surface area contributed by atoms with Crippen molar-refractivity contribution in [2.75, 3.05) is 5.73 Å². The number of nitrogen functional groups attached to an aromatic ring is 1. The molecule has 0 aliphatic rings. The minimum atomic E-state index is -0.596. The van der Waals surface area contributed by atoms with Gasteiger partial charge in [-0.05, 0) is 12.5 Å². The van der Waals surface area contributed by atoms with Crippen molar-refractivity contribution in [3.63, 3.8) is 0 Å². The molecule has 1 aromatic carbocycles. The van der Waals surface area contributed by atoms with Gasteiger partial charge >= 0.3 is 0 Å². The number of benzene rings is 1. The quantitative estimate of drug-likeness (QED) is 0.702. The molecule has 0 radical (unpaired) electrons. The molecule has 1 atom stereocenters. The summed E-state index contributed by atoms with van der Waals surface area (Å²) in [5.41, 5.74) is 11.5. The Morgan fingerprint density at radius 3 is 2.71 bits per heavy atom. The largest absolute Gasteiger partial charge is 0.398 e. The first-order valence-electron chi connectivity index (χ1n) is 4.35. The van der Waals surface area contributed by atoms with Crippen LogP contribution in [0.5, 0.6) is 0 Å². The Kier molecular flexibility index (Phi) is 3.05. The normalized spacial score (nSPS) is 12.1. The first-order chi connectivity index (χ1) is 6.61. The highest BCUT2D eigenvalue weighted by molar-refractivity contribution is 5.56. The number of halogens is 1. The van der Waals surface area contributed by atoms with Crippen molar-refractivity contribution in [1.29, 1.82) is 5.26 Å². The van der Waals surface area contributed by atoms with E-state index in [1.54, 1.807) is 6.07 Å². The summed E-state index contributed by atoms with van der Waals surface area (Å²) in [6, 6.07) is 4.37. The fourth-order valence-corrected chi connectivity index (χ4v) is 1.23. The number of nitrogens with two attached hydrogens (primary N) is 2. The second kappa shape index (κ2) is 4.07. The SMILES string of the molecule is CC[C@@H](N)c1ccc(N)c(C#N)c1F. The molecule has 0 aromatic heterocycles. The van der Waals surface area contributed by atoms with Crippen LogP contribution in [-0.2, 0) is 0 Å². The van der Waals surface area contributed by atoms with Gasteiger partial charge in [0.05, 0.1) is 5.69 Å². The summed E-state index contributed by atoms with van der Waals surface area (Å²) in [6.45, 7) is 1.85. The topological polar surface area (TPSA) is 75.8 Å². The molecular formula is C10H12FN3. The number of hydrogen-bond acceptors (Lipinski definition) is 3. The average molecular weight is 193 g/mol. The molecule has 1 rings (SSSR count). The van der Waals surface area contributed by atoms with Crippen LogP contribution in [-0.4, -0.2) is 0 Å². The molecule has 0 saturated carbocycles. The Bertz CT molecular complexity index is 382. The summed E-state index contributed by atoms with van der Waals surface area (Å²) < 4.78 is 13.6. The van der Waals surface area contributed by atoms with Crippen LogP contribution in [0.25, 0.3) is 0 Å². The van der Waals surface area contributed by atoms with Gasteiger partial charge in [-0.1, -0.05) is 13.0 Å². The molecule has 0 saturated heterocycles. The summed E-state index contributed by atoms with van der Waals surface area (Å²) in [4.78, 5) is 0. The van der Waals surface area contributed by atoms with Crippen molar-refractivity contribution in [3.8, 4) is 6.07 Å². The fraction of sp³-hybridized carbons (Fsp3) is 0.300. The Labute approximate surface area is 82.1 Å². The van der Waals surface area contributed by atoms with Gasteiger partial charge in [-0.15, -0.1) is 0 Å². The summed E-state index contributed by atoms with van der Waals surface area (Å²) in [6.07, 6.45) is 0.617. The molecule has 0 aliphatic heterocycles. The molecule has 4 N–H and O–H groups in total. The Morgan fingerprint density at radius 1 is 1.57 bits per heavy atom. The summed E-state index contributed by atoms with van der Waals surface area (Å²) >= 11 is 0. The molecule has 14 heavy (non-hydrogen) atoms. The number of nitrogens with zero attached hydrogens (tertiary/aromatic N) is 1. The van der Waals surface area contributed by atoms with Crippen LogP contribution in [0.2, 0.25) is 0 Å². The molecule has 0 unspecified atom stereocenters. The van der Waals surface area contributed by atoms with Gasteiger partial charge in [-0.3, -0.25) is 0 Å². The molecule has 4 heteroatoms. The third kappa shape index (κ3) is 1.68. The monoisotopic (exact) mass is 193 g/mol. The van der Waals surface area contributed by atoms with Gasteiger partial charge in [0.15, 0.2) is 0 Å². The highest BCUT2D eigenvalue weighted by Crippen LogP contribution is 2.24. The first kappa shape index (κ1) is 10.5. The third-order valence-electron chi connectivity index (χ3n) is 2.16. The van der Waals surface area contributed by atoms with E-state index in [0.717, 1.165) is 0 Å². The molecule has 0 spiro atoms. The molecule has 0 amide bonds. The second-order valence-corrected chi connectivity index (χ2v) is 3.06. The van der Waals surface area contributed by atoms with E-state index in [1.807, 2.05) is 6.92 Å². The van der Waals surface area contributed by atoms with E-state index in [9.17, 15) is 4.39 Å². The zero-order valence-corrected chi connectivity index (χ0v) is 7.92. The Morgan fingerprint density at radius 2 is 2.21 bits per heavy atom. The number of hydrogen-bond donors (Lipinski definition) is 2. The van der Waals surface area contributed by atoms with Gasteiger partial charge in [-0.25, -0.2) is 4.39 Å².